The molecule has 0 unspecified atom stereocenters. The molecule has 1 aromatic rings. The highest BCUT2D eigenvalue weighted by molar-refractivity contribution is 5.79. The van der Waals surface area contributed by atoms with E-state index in [1.165, 1.54) is 0 Å². The fraction of sp³-hybridized carbons (Fsp3) is 0.556. The molecular formula is C9H13N3O2. The molecule has 0 atom stereocenters. The fourth-order valence-corrected chi connectivity index (χ4v) is 1.58. The Bertz CT molecular complexity index is 325. The highest BCUT2D eigenvalue weighted by Gasteiger charge is 2.17. The number of likely N-dealkylation sites (tertiary alicyclic amines) is 1. The summed E-state index contributed by atoms with van der Waals surface area (Å²) in [6.07, 6.45) is 1.28. The van der Waals surface area contributed by atoms with Crippen LogP contribution in [0.1, 0.15) is 18.6 Å². The Morgan fingerprint density at radius 2 is 2.21 bits per heavy atom. The Hall–Kier alpha value is -1.36. The van der Waals surface area contributed by atoms with Gasteiger partial charge in [0.25, 0.3) is 0 Å². The lowest BCUT2D eigenvalue weighted by Crippen LogP contribution is -2.33. The van der Waals surface area contributed by atoms with Crippen LogP contribution in [-0.4, -0.2) is 28.9 Å². The molecule has 2 heterocycles. The molecule has 0 spiro atoms. The van der Waals surface area contributed by atoms with Crippen LogP contribution in [0.3, 0.4) is 0 Å². The van der Waals surface area contributed by atoms with Crippen LogP contribution in [0.4, 0.5) is 5.82 Å². The second-order valence-corrected chi connectivity index (χ2v) is 3.53. The van der Waals surface area contributed by atoms with Crippen molar-refractivity contribution >= 4 is 11.6 Å². The van der Waals surface area contributed by atoms with Crippen LogP contribution in [0.2, 0.25) is 0 Å². The normalized spacial score (nSPS) is 18.7. The van der Waals surface area contributed by atoms with Gasteiger partial charge in [-0.15, -0.1) is 0 Å². The van der Waals surface area contributed by atoms with E-state index < -0.39 is 0 Å². The first-order chi connectivity index (χ1) is 6.74. The predicted molar refractivity (Wildman–Crippen MR) is 50.4 cm³/mol. The minimum Gasteiger partial charge on any atom is -0.381 e. The number of ketones is 1. The minimum atomic E-state index is 0.346. The summed E-state index contributed by atoms with van der Waals surface area (Å²) in [5.74, 6) is 1.52. The van der Waals surface area contributed by atoms with Gasteiger partial charge >= 0.3 is 0 Å². The van der Waals surface area contributed by atoms with E-state index in [0.29, 0.717) is 31.0 Å². The van der Waals surface area contributed by atoms with Crippen molar-refractivity contribution < 1.29 is 9.32 Å². The van der Waals surface area contributed by atoms with Gasteiger partial charge in [0, 0.05) is 32.0 Å². The summed E-state index contributed by atoms with van der Waals surface area (Å²) >= 11 is 0. The number of piperidine rings is 1. The van der Waals surface area contributed by atoms with Crippen LogP contribution in [0, 0.1) is 0 Å². The maximum absolute atomic E-state index is 11.0. The van der Waals surface area contributed by atoms with E-state index in [1.54, 1.807) is 6.07 Å². The lowest BCUT2D eigenvalue weighted by Gasteiger charge is -2.24. The molecule has 14 heavy (non-hydrogen) atoms. The molecule has 0 aromatic carbocycles. The van der Waals surface area contributed by atoms with Crippen LogP contribution >= 0.6 is 0 Å². The molecule has 0 bridgehead atoms. The standard InChI is InChI=1S/C9H13N3O2/c10-9-5-8(14-11-9)6-12-3-1-7(13)2-4-12/h5H,1-4,6H2,(H2,10,11). The van der Waals surface area contributed by atoms with Gasteiger partial charge in [-0.3, -0.25) is 9.69 Å². The Morgan fingerprint density at radius 1 is 1.50 bits per heavy atom. The number of carbonyl (C=O) groups is 1. The number of nitrogens with zero attached hydrogens (tertiary/aromatic N) is 2. The predicted octanol–water partition coefficient (Wildman–Crippen LogP) is 0.422. The van der Waals surface area contributed by atoms with E-state index in [0.717, 1.165) is 18.8 Å². The second-order valence-electron chi connectivity index (χ2n) is 3.53. The van der Waals surface area contributed by atoms with Crippen molar-refractivity contribution in [2.75, 3.05) is 18.8 Å². The molecule has 0 saturated carbocycles. The maximum Gasteiger partial charge on any atom is 0.167 e. The zero-order chi connectivity index (χ0) is 9.97. The van der Waals surface area contributed by atoms with E-state index in [2.05, 4.69) is 10.1 Å². The Kier molecular flexibility index (Phi) is 2.49. The van der Waals surface area contributed by atoms with Crippen molar-refractivity contribution in [3.8, 4) is 0 Å². The van der Waals surface area contributed by atoms with Crippen molar-refractivity contribution in [2.24, 2.45) is 0 Å². The van der Waals surface area contributed by atoms with E-state index in [-0.39, 0.29) is 0 Å². The summed E-state index contributed by atoms with van der Waals surface area (Å²) in [5, 5.41) is 3.61. The number of nitrogen functional groups attached to an aromatic ring is 1. The minimum absolute atomic E-state index is 0.346. The number of anilines is 1. The molecule has 1 aromatic heterocycles. The van der Waals surface area contributed by atoms with Crippen molar-refractivity contribution in [1.29, 1.82) is 0 Å². The first-order valence-corrected chi connectivity index (χ1v) is 4.69. The number of hydrogen-bond donors (Lipinski definition) is 1. The second kappa shape index (κ2) is 3.79. The van der Waals surface area contributed by atoms with E-state index in [1.807, 2.05) is 0 Å². The summed E-state index contributed by atoms with van der Waals surface area (Å²) < 4.78 is 4.99. The van der Waals surface area contributed by atoms with Gasteiger partial charge in [0.15, 0.2) is 11.6 Å². The van der Waals surface area contributed by atoms with Crippen LogP contribution in [0.15, 0.2) is 10.6 Å². The molecule has 1 aliphatic rings. The highest BCUT2D eigenvalue weighted by Crippen LogP contribution is 2.12. The molecule has 1 saturated heterocycles. The smallest absolute Gasteiger partial charge is 0.167 e. The van der Waals surface area contributed by atoms with Crippen molar-refractivity contribution in [2.45, 2.75) is 19.4 Å². The molecule has 0 amide bonds. The SMILES string of the molecule is Nc1cc(CN2CCC(=O)CC2)on1. The quantitative estimate of drug-likeness (QED) is 0.740. The van der Waals surface area contributed by atoms with Crippen molar-refractivity contribution in [1.82, 2.24) is 10.1 Å². The number of rotatable bonds is 2. The Morgan fingerprint density at radius 3 is 2.79 bits per heavy atom. The van der Waals surface area contributed by atoms with Gasteiger partial charge < -0.3 is 10.3 Å². The van der Waals surface area contributed by atoms with E-state index >= 15 is 0 Å². The third-order valence-electron chi connectivity index (χ3n) is 2.37. The number of Topliss-reactive ketones (excluding diaryl/α,β-unsaturated/α-hetero) is 1. The van der Waals surface area contributed by atoms with E-state index in [4.69, 9.17) is 10.3 Å². The lowest BCUT2D eigenvalue weighted by atomic mass is 10.1. The first kappa shape index (κ1) is 9.21. The molecule has 76 valence electrons. The number of nitrogens with two attached hydrogens (primary N) is 1. The van der Waals surface area contributed by atoms with Gasteiger partial charge in [0.05, 0.1) is 6.54 Å². The highest BCUT2D eigenvalue weighted by atomic mass is 16.5. The molecule has 2 N–H and O–H groups in total. The summed E-state index contributed by atoms with van der Waals surface area (Å²) in [6.45, 7) is 2.30. The molecule has 1 fully saturated rings. The Labute approximate surface area is 81.8 Å². The molecule has 2 rings (SSSR count). The zero-order valence-electron chi connectivity index (χ0n) is 7.90. The third-order valence-corrected chi connectivity index (χ3v) is 2.37. The lowest BCUT2D eigenvalue weighted by molar-refractivity contribution is -0.121. The average molecular weight is 195 g/mol. The van der Waals surface area contributed by atoms with Crippen molar-refractivity contribution in [3.63, 3.8) is 0 Å². The summed E-state index contributed by atoms with van der Waals surface area (Å²) in [6, 6.07) is 1.72. The number of aromatic nitrogens is 1. The van der Waals surface area contributed by atoms with Gasteiger partial charge in [-0.25, -0.2) is 0 Å². The average Bonchev–Trinajstić information content (AvgIpc) is 2.56. The van der Waals surface area contributed by atoms with Gasteiger partial charge in [-0.1, -0.05) is 5.16 Å². The van der Waals surface area contributed by atoms with Crippen LogP contribution in [0.5, 0.6) is 0 Å². The molecule has 0 radical (unpaired) electrons. The maximum atomic E-state index is 11.0. The fourth-order valence-electron chi connectivity index (χ4n) is 1.58. The first-order valence-electron chi connectivity index (χ1n) is 4.69. The molecule has 5 nitrogen and oxygen atoms in total. The third kappa shape index (κ3) is 2.11. The van der Waals surface area contributed by atoms with Crippen LogP contribution in [0.25, 0.3) is 0 Å². The van der Waals surface area contributed by atoms with Gasteiger partial charge in [-0.05, 0) is 0 Å². The van der Waals surface area contributed by atoms with Crippen molar-refractivity contribution in [3.05, 3.63) is 11.8 Å². The van der Waals surface area contributed by atoms with Crippen LogP contribution < -0.4 is 5.73 Å². The number of carbonyl (C=O) groups excluding carboxylic acids is 1. The van der Waals surface area contributed by atoms with Gasteiger partial charge in [0.1, 0.15) is 5.78 Å². The Balaban J connectivity index is 1.89. The monoisotopic (exact) mass is 195 g/mol. The summed E-state index contributed by atoms with van der Waals surface area (Å²) in [7, 11) is 0. The molecular weight excluding hydrogens is 182 g/mol. The molecule has 5 heteroatoms. The van der Waals surface area contributed by atoms with E-state index in [9.17, 15) is 4.79 Å². The largest absolute Gasteiger partial charge is 0.381 e. The van der Waals surface area contributed by atoms with Crippen LogP contribution in [-0.2, 0) is 11.3 Å². The van der Waals surface area contributed by atoms with Gasteiger partial charge in [0.2, 0.25) is 0 Å². The summed E-state index contributed by atoms with van der Waals surface area (Å²) in [5.41, 5.74) is 5.43. The van der Waals surface area contributed by atoms with Gasteiger partial charge in [-0.2, -0.15) is 0 Å². The topological polar surface area (TPSA) is 72.4 Å². The zero-order valence-corrected chi connectivity index (χ0v) is 7.90. The molecule has 1 aliphatic heterocycles. The summed E-state index contributed by atoms with van der Waals surface area (Å²) in [4.78, 5) is 13.2. The number of hydrogen-bond acceptors (Lipinski definition) is 5. The molecule has 0 aliphatic carbocycles.